The normalized spacial score (nSPS) is 11.2. The Hall–Kier alpha value is -1.40. The second-order valence-corrected chi connectivity index (χ2v) is 4.89. The van der Waals surface area contributed by atoms with Crippen LogP contribution in [-0.4, -0.2) is 44.9 Å². The largest absolute Gasteiger partial charge is 0.396 e. The highest BCUT2D eigenvalue weighted by Crippen LogP contribution is 2.24. The topological polar surface area (TPSA) is 66.5 Å². The van der Waals surface area contributed by atoms with Crippen LogP contribution in [0, 0.1) is 6.92 Å². The Bertz CT molecular complexity index is 556. The summed E-state index contributed by atoms with van der Waals surface area (Å²) >= 11 is 6.13. The number of hydrogen-bond acceptors (Lipinski definition) is 5. The van der Waals surface area contributed by atoms with Gasteiger partial charge in [0.15, 0.2) is 0 Å². The first-order valence-corrected chi connectivity index (χ1v) is 6.70. The van der Waals surface area contributed by atoms with Crippen molar-refractivity contribution in [1.82, 2.24) is 19.6 Å². The van der Waals surface area contributed by atoms with Gasteiger partial charge in [-0.2, -0.15) is 19.6 Å². The minimum atomic E-state index is 0.247. The fourth-order valence-corrected chi connectivity index (χ4v) is 2.24. The van der Waals surface area contributed by atoms with Crippen LogP contribution in [0.4, 0.5) is 5.82 Å². The molecule has 0 atom stereocenters. The van der Waals surface area contributed by atoms with Crippen molar-refractivity contribution in [1.29, 1.82) is 0 Å². The molecule has 1 N–H and O–H groups in total. The number of rotatable bonds is 6. The van der Waals surface area contributed by atoms with E-state index in [4.69, 9.17) is 16.7 Å². The fraction of sp³-hybridized carbons (Fsp3) is 0.583. The van der Waals surface area contributed by atoms with Crippen LogP contribution >= 0.6 is 11.6 Å². The van der Waals surface area contributed by atoms with E-state index in [9.17, 15) is 0 Å². The molecule has 0 saturated heterocycles. The SMILES string of the molecule is Cc1c(Cl)nc2ncnn2c1N(C)CCCCCO. The molecule has 2 aromatic rings. The number of aromatic nitrogens is 4. The van der Waals surface area contributed by atoms with Gasteiger partial charge in [0, 0.05) is 25.8 Å². The molecule has 19 heavy (non-hydrogen) atoms. The van der Waals surface area contributed by atoms with Crippen molar-refractivity contribution < 1.29 is 5.11 Å². The van der Waals surface area contributed by atoms with Gasteiger partial charge in [-0.05, 0) is 26.2 Å². The van der Waals surface area contributed by atoms with E-state index in [0.29, 0.717) is 10.9 Å². The Morgan fingerprint density at radius 3 is 2.89 bits per heavy atom. The van der Waals surface area contributed by atoms with E-state index in [1.54, 1.807) is 4.52 Å². The minimum Gasteiger partial charge on any atom is -0.396 e. The highest BCUT2D eigenvalue weighted by Gasteiger charge is 2.15. The summed E-state index contributed by atoms with van der Waals surface area (Å²) in [6.07, 6.45) is 4.32. The Labute approximate surface area is 117 Å². The van der Waals surface area contributed by atoms with E-state index in [2.05, 4.69) is 20.0 Å². The summed E-state index contributed by atoms with van der Waals surface area (Å²) in [6, 6.07) is 0. The number of aliphatic hydroxyl groups is 1. The van der Waals surface area contributed by atoms with Crippen molar-refractivity contribution >= 4 is 23.2 Å². The van der Waals surface area contributed by atoms with Crippen LogP contribution in [0.3, 0.4) is 0 Å². The van der Waals surface area contributed by atoms with E-state index >= 15 is 0 Å². The van der Waals surface area contributed by atoms with Crippen molar-refractivity contribution in [3.63, 3.8) is 0 Å². The summed E-state index contributed by atoms with van der Waals surface area (Å²) in [5.41, 5.74) is 0.893. The molecule has 2 aromatic heterocycles. The molecule has 0 fully saturated rings. The maximum atomic E-state index is 8.78. The first kappa shape index (κ1) is 14.0. The van der Waals surface area contributed by atoms with E-state index in [1.165, 1.54) is 6.33 Å². The lowest BCUT2D eigenvalue weighted by atomic mass is 10.2. The standard InChI is InChI=1S/C12H18ClN5O/c1-9-10(13)16-12-14-8-15-18(12)11(9)17(2)6-4-3-5-7-19/h8,19H,3-7H2,1-2H3. The van der Waals surface area contributed by atoms with Gasteiger partial charge < -0.3 is 10.0 Å². The Morgan fingerprint density at radius 2 is 2.16 bits per heavy atom. The maximum Gasteiger partial charge on any atom is 0.255 e. The van der Waals surface area contributed by atoms with Crippen molar-refractivity contribution in [3.05, 3.63) is 17.0 Å². The first-order chi connectivity index (χ1) is 9.15. The second kappa shape index (κ2) is 6.16. The maximum absolute atomic E-state index is 8.78. The molecular formula is C12H18ClN5O. The fourth-order valence-electron chi connectivity index (χ4n) is 2.08. The second-order valence-electron chi connectivity index (χ2n) is 4.53. The predicted octanol–water partition coefficient (Wildman–Crippen LogP) is 1.68. The number of aliphatic hydroxyl groups excluding tert-OH is 1. The molecule has 0 spiro atoms. The highest BCUT2D eigenvalue weighted by molar-refractivity contribution is 6.30. The summed E-state index contributed by atoms with van der Waals surface area (Å²) in [5, 5.41) is 13.4. The van der Waals surface area contributed by atoms with Crippen LogP contribution in [0.15, 0.2) is 6.33 Å². The zero-order valence-electron chi connectivity index (χ0n) is 11.2. The quantitative estimate of drug-likeness (QED) is 0.645. The van der Waals surface area contributed by atoms with Crippen LogP contribution in [0.2, 0.25) is 5.15 Å². The number of hydrogen-bond donors (Lipinski definition) is 1. The third-order valence-electron chi connectivity index (χ3n) is 3.09. The average Bonchev–Trinajstić information content (AvgIpc) is 2.83. The summed E-state index contributed by atoms with van der Waals surface area (Å²) in [7, 11) is 2.00. The Balaban J connectivity index is 2.22. The van der Waals surface area contributed by atoms with Gasteiger partial charge in [-0.1, -0.05) is 11.6 Å². The molecule has 7 heteroatoms. The molecule has 0 aliphatic rings. The van der Waals surface area contributed by atoms with Gasteiger partial charge >= 0.3 is 0 Å². The molecule has 0 amide bonds. The lowest BCUT2D eigenvalue weighted by molar-refractivity contribution is 0.283. The third-order valence-corrected chi connectivity index (χ3v) is 3.45. The lowest BCUT2D eigenvalue weighted by Gasteiger charge is -2.22. The first-order valence-electron chi connectivity index (χ1n) is 6.33. The number of nitrogens with zero attached hydrogens (tertiary/aromatic N) is 5. The van der Waals surface area contributed by atoms with E-state index in [1.807, 2.05) is 14.0 Å². The number of anilines is 1. The molecule has 0 aromatic carbocycles. The number of fused-ring (bicyclic) bond motifs is 1. The van der Waals surface area contributed by atoms with Gasteiger partial charge in [0.25, 0.3) is 5.78 Å². The lowest BCUT2D eigenvalue weighted by Crippen LogP contribution is -2.23. The zero-order chi connectivity index (χ0) is 13.8. The zero-order valence-corrected chi connectivity index (χ0v) is 11.9. The molecule has 2 heterocycles. The molecule has 0 bridgehead atoms. The average molecular weight is 284 g/mol. The van der Waals surface area contributed by atoms with Crippen molar-refractivity contribution in [2.45, 2.75) is 26.2 Å². The molecule has 0 saturated carbocycles. The van der Waals surface area contributed by atoms with Gasteiger partial charge in [-0.3, -0.25) is 0 Å². The van der Waals surface area contributed by atoms with E-state index in [-0.39, 0.29) is 6.61 Å². The monoisotopic (exact) mass is 283 g/mol. The van der Waals surface area contributed by atoms with Crippen LogP contribution in [-0.2, 0) is 0 Å². The Kier molecular flexibility index (Phi) is 4.55. The van der Waals surface area contributed by atoms with E-state index < -0.39 is 0 Å². The highest BCUT2D eigenvalue weighted by atomic mass is 35.5. The van der Waals surface area contributed by atoms with Crippen molar-refractivity contribution in [3.8, 4) is 0 Å². The Morgan fingerprint density at radius 1 is 1.37 bits per heavy atom. The van der Waals surface area contributed by atoms with Crippen molar-refractivity contribution in [2.75, 3.05) is 25.1 Å². The predicted molar refractivity (Wildman–Crippen MR) is 74.7 cm³/mol. The summed E-state index contributed by atoms with van der Waals surface area (Å²) in [5.74, 6) is 1.42. The smallest absolute Gasteiger partial charge is 0.255 e. The number of unbranched alkanes of at least 4 members (excludes halogenated alkanes) is 2. The molecule has 104 valence electrons. The minimum absolute atomic E-state index is 0.247. The van der Waals surface area contributed by atoms with Crippen LogP contribution in [0.5, 0.6) is 0 Å². The molecule has 2 rings (SSSR count). The van der Waals surface area contributed by atoms with E-state index in [0.717, 1.165) is 37.2 Å². The summed E-state index contributed by atoms with van der Waals surface area (Å²) in [4.78, 5) is 10.4. The van der Waals surface area contributed by atoms with Crippen LogP contribution in [0.1, 0.15) is 24.8 Å². The number of halogens is 1. The molecular weight excluding hydrogens is 266 g/mol. The van der Waals surface area contributed by atoms with Crippen LogP contribution < -0.4 is 4.90 Å². The summed E-state index contributed by atoms with van der Waals surface area (Å²) in [6.45, 7) is 3.04. The molecule has 0 aliphatic carbocycles. The molecule has 6 nitrogen and oxygen atoms in total. The van der Waals surface area contributed by atoms with Gasteiger partial charge in [-0.15, -0.1) is 0 Å². The van der Waals surface area contributed by atoms with Gasteiger partial charge in [0.1, 0.15) is 17.3 Å². The van der Waals surface area contributed by atoms with Gasteiger partial charge in [0.2, 0.25) is 0 Å². The van der Waals surface area contributed by atoms with Crippen molar-refractivity contribution in [2.24, 2.45) is 0 Å². The summed E-state index contributed by atoms with van der Waals surface area (Å²) < 4.78 is 1.70. The van der Waals surface area contributed by atoms with Gasteiger partial charge in [0.05, 0.1) is 0 Å². The van der Waals surface area contributed by atoms with Gasteiger partial charge in [-0.25, -0.2) is 0 Å². The molecule has 0 aliphatic heterocycles. The molecule has 0 radical (unpaired) electrons. The molecule has 0 unspecified atom stereocenters. The van der Waals surface area contributed by atoms with Crippen LogP contribution in [0.25, 0.3) is 5.78 Å². The third kappa shape index (κ3) is 2.96.